The number of aliphatic hydroxyl groups excluding tert-OH is 1. The van der Waals surface area contributed by atoms with Gasteiger partial charge in [0.05, 0.1) is 18.3 Å². The van der Waals surface area contributed by atoms with Crippen LogP contribution in [0, 0.1) is 34.5 Å². The Bertz CT molecular complexity index is 484. The first-order valence-electron chi connectivity index (χ1n) is 9.79. The maximum absolute atomic E-state index is 10.5. The molecule has 1 spiro atoms. The topological polar surface area (TPSA) is 32.8 Å². The Labute approximate surface area is 135 Å². The molecule has 1 N–H and O–H groups in total. The van der Waals surface area contributed by atoms with Crippen molar-refractivity contribution in [2.75, 3.05) is 6.61 Å². The van der Waals surface area contributed by atoms with Gasteiger partial charge in [-0.05, 0) is 92.3 Å². The van der Waals surface area contributed by atoms with E-state index < -0.39 is 0 Å². The van der Waals surface area contributed by atoms with Crippen LogP contribution in [0.15, 0.2) is 0 Å². The first kappa shape index (κ1) is 14.3. The highest BCUT2D eigenvalue weighted by Gasteiger charge is 2.63. The molecular weight excluding hydrogens is 272 g/mol. The second kappa shape index (κ2) is 4.30. The summed E-state index contributed by atoms with van der Waals surface area (Å²) in [5, 5.41) is 10.5. The molecule has 124 valence electrons. The molecule has 5 rings (SSSR count). The molecule has 4 aliphatic carbocycles. The number of hydrogen-bond donors (Lipinski definition) is 1. The maximum atomic E-state index is 10.5. The monoisotopic (exact) mass is 304 g/mol. The summed E-state index contributed by atoms with van der Waals surface area (Å²) in [5.74, 6) is 3.52. The van der Waals surface area contributed by atoms with Crippen LogP contribution in [0.25, 0.3) is 0 Å². The van der Waals surface area contributed by atoms with Crippen molar-refractivity contribution in [1.82, 2.24) is 0 Å². The van der Waals surface area contributed by atoms with Crippen LogP contribution in [0.4, 0.5) is 0 Å². The molecule has 0 bridgehead atoms. The fourth-order valence-corrected chi connectivity index (χ4v) is 7.64. The number of fused-ring (bicyclic) bond motifs is 5. The summed E-state index contributed by atoms with van der Waals surface area (Å²) < 4.78 is 5.83. The van der Waals surface area contributed by atoms with Crippen LogP contribution in [0.5, 0.6) is 0 Å². The molecule has 2 nitrogen and oxygen atoms in total. The summed E-state index contributed by atoms with van der Waals surface area (Å²) >= 11 is 0. The molecule has 0 aromatic carbocycles. The van der Waals surface area contributed by atoms with Gasteiger partial charge in [0.2, 0.25) is 0 Å². The van der Waals surface area contributed by atoms with Gasteiger partial charge in [0.25, 0.3) is 0 Å². The zero-order valence-corrected chi connectivity index (χ0v) is 14.3. The highest BCUT2D eigenvalue weighted by Crippen LogP contribution is 2.67. The molecule has 5 aliphatic rings. The fourth-order valence-electron chi connectivity index (χ4n) is 7.64. The Kier molecular flexibility index (Phi) is 2.79. The number of hydrogen-bond acceptors (Lipinski definition) is 2. The van der Waals surface area contributed by atoms with E-state index in [0.29, 0.717) is 11.0 Å². The Hall–Kier alpha value is -0.0800. The van der Waals surface area contributed by atoms with Gasteiger partial charge in [-0.1, -0.05) is 13.8 Å². The van der Waals surface area contributed by atoms with Crippen molar-refractivity contribution < 1.29 is 9.84 Å². The predicted octanol–water partition coefficient (Wildman–Crippen LogP) is 4.16. The average molecular weight is 304 g/mol. The molecule has 8 atom stereocenters. The Morgan fingerprint density at radius 1 is 0.864 bits per heavy atom. The molecular formula is C20H32O2. The molecule has 1 aliphatic heterocycles. The van der Waals surface area contributed by atoms with Gasteiger partial charge in [-0.2, -0.15) is 0 Å². The smallest absolute Gasteiger partial charge is 0.0919 e. The maximum Gasteiger partial charge on any atom is 0.0919 e. The summed E-state index contributed by atoms with van der Waals surface area (Å²) in [6, 6.07) is 0. The standard InChI is InChI=1S/C20H32O2/c1-18-9-10-20(12-22-20)11-13(18)3-4-14-15-5-6-17(21)19(15,2)8-7-16(14)18/h13-17,21H,3-12H2,1-2H3/t13-,14+,15+,16+,17+,18+,19+,20-/m1/s1. The molecule has 22 heavy (non-hydrogen) atoms. The van der Waals surface area contributed by atoms with Gasteiger partial charge >= 0.3 is 0 Å². The van der Waals surface area contributed by atoms with E-state index in [9.17, 15) is 5.11 Å². The highest BCUT2D eigenvalue weighted by molar-refractivity contribution is 5.12. The van der Waals surface area contributed by atoms with Gasteiger partial charge in [-0.3, -0.25) is 0 Å². The summed E-state index contributed by atoms with van der Waals surface area (Å²) in [4.78, 5) is 0. The third-order valence-corrected chi connectivity index (χ3v) is 9.31. The highest BCUT2D eigenvalue weighted by atomic mass is 16.6. The van der Waals surface area contributed by atoms with Crippen molar-refractivity contribution in [3.05, 3.63) is 0 Å². The van der Waals surface area contributed by atoms with Gasteiger partial charge in [-0.15, -0.1) is 0 Å². The third kappa shape index (κ3) is 1.69. The van der Waals surface area contributed by atoms with Crippen LogP contribution in [-0.4, -0.2) is 23.4 Å². The normalized spacial score (nSPS) is 63.1. The first-order chi connectivity index (χ1) is 10.5. The Morgan fingerprint density at radius 2 is 1.64 bits per heavy atom. The second-order valence-corrected chi connectivity index (χ2v) is 9.97. The lowest BCUT2D eigenvalue weighted by Gasteiger charge is -2.60. The lowest BCUT2D eigenvalue weighted by molar-refractivity contribution is -0.128. The van der Waals surface area contributed by atoms with E-state index in [4.69, 9.17) is 4.74 Å². The summed E-state index contributed by atoms with van der Waals surface area (Å²) in [6.45, 7) is 6.06. The van der Waals surface area contributed by atoms with Crippen LogP contribution in [0.3, 0.4) is 0 Å². The second-order valence-electron chi connectivity index (χ2n) is 9.97. The third-order valence-electron chi connectivity index (χ3n) is 9.31. The summed E-state index contributed by atoms with van der Waals surface area (Å²) in [6.07, 6.45) is 11.8. The number of rotatable bonds is 0. The van der Waals surface area contributed by atoms with Gasteiger partial charge < -0.3 is 9.84 Å². The zero-order chi connectivity index (χ0) is 15.2. The molecule has 5 fully saturated rings. The van der Waals surface area contributed by atoms with Crippen molar-refractivity contribution in [3.63, 3.8) is 0 Å². The van der Waals surface area contributed by atoms with Crippen LogP contribution >= 0.6 is 0 Å². The number of aliphatic hydroxyl groups is 1. The van der Waals surface area contributed by atoms with Crippen LogP contribution in [-0.2, 0) is 4.74 Å². The molecule has 2 heteroatoms. The minimum absolute atomic E-state index is 0.0292. The summed E-state index contributed by atoms with van der Waals surface area (Å²) in [5.41, 5.74) is 1.12. The van der Waals surface area contributed by atoms with Gasteiger partial charge in [-0.25, -0.2) is 0 Å². The molecule has 0 radical (unpaired) electrons. The van der Waals surface area contributed by atoms with Crippen LogP contribution < -0.4 is 0 Å². The minimum atomic E-state index is -0.0292. The van der Waals surface area contributed by atoms with E-state index in [1.807, 2.05) is 0 Å². The lowest BCUT2D eigenvalue weighted by Crippen LogP contribution is -2.54. The van der Waals surface area contributed by atoms with Crippen LogP contribution in [0.1, 0.15) is 71.6 Å². The number of ether oxygens (including phenoxy) is 1. The van der Waals surface area contributed by atoms with E-state index in [2.05, 4.69) is 13.8 Å². The average Bonchev–Trinajstić information content (AvgIpc) is 3.19. The molecule has 0 aromatic heterocycles. The van der Waals surface area contributed by atoms with Crippen molar-refractivity contribution in [1.29, 1.82) is 0 Å². The minimum Gasteiger partial charge on any atom is -0.393 e. The van der Waals surface area contributed by atoms with Crippen molar-refractivity contribution in [2.24, 2.45) is 34.5 Å². The SMILES string of the molecule is C[C@]12CC[C@]3(CO3)C[C@H]1CC[C@@H]1[C@@H]2CC[C@]2(C)[C@@H](O)CC[C@@H]12. The van der Waals surface area contributed by atoms with Crippen molar-refractivity contribution in [2.45, 2.75) is 83.3 Å². The number of epoxide rings is 1. The zero-order valence-electron chi connectivity index (χ0n) is 14.3. The van der Waals surface area contributed by atoms with Crippen molar-refractivity contribution in [3.8, 4) is 0 Å². The largest absolute Gasteiger partial charge is 0.393 e. The molecule has 0 amide bonds. The van der Waals surface area contributed by atoms with Crippen LogP contribution in [0.2, 0.25) is 0 Å². The van der Waals surface area contributed by atoms with E-state index >= 15 is 0 Å². The lowest BCUT2D eigenvalue weighted by atomic mass is 9.44. The fraction of sp³-hybridized carbons (Fsp3) is 1.00. The molecule has 1 saturated heterocycles. The summed E-state index contributed by atoms with van der Waals surface area (Å²) in [7, 11) is 0. The van der Waals surface area contributed by atoms with Gasteiger partial charge in [0, 0.05) is 0 Å². The van der Waals surface area contributed by atoms with Crippen molar-refractivity contribution >= 4 is 0 Å². The molecule has 0 unspecified atom stereocenters. The van der Waals surface area contributed by atoms with Gasteiger partial charge in [0.1, 0.15) is 0 Å². The van der Waals surface area contributed by atoms with Gasteiger partial charge in [0.15, 0.2) is 0 Å². The Morgan fingerprint density at radius 3 is 2.41 bits per heavy atom. The van der Waals surface area contributed by atoms with E-state index in [-0.39, 0.29) is 11.5 Å². The Balaban J connectivity index is 1.44. The van der Waals surface area contributed by atoms with E-state index in [0.717, 1.165) is 36.7 Å². The molecule has 1 heterocycles. The molecule has 4 saturated carbocycles. The predicted molar refractivity (Wildman–Crippen MR) is 86.4 cm³/mol. The molecule has 0 aromatic rings. The quantitative estimate of drug-likeness (QED) is 0.682. The van der Waals surface area contributed by atoms with E-state index in [1.165, 1.54) is 51.4 Å². The van der Waals surface area contributed by atoms with E-state index in [1.54, 1.807) is 0 Å². The first-order valence-corrected chi connectivity index (χ1v) is 9.79.